The fraction of sp³-hybridized carbons (Fsp3) is 0.429. The van der Waals surface area contributed by atoms with E-state index in [0.717, 1.165) is 59.3 Å². The molecule has 2 aromatic heterocycles. The lowest BCUT2D eigenvalue weighted by Crippen LogP contribution is -2.51. The van der Waals surface area contributed by atoms with Crippen molar-refractivity contribution >= 4 is 24.0 Å². The first-order chi connectivity index (χ1) is 27.0. The Balaban J connectivity index is 1.08. The molecule has 4 amide bonds. The summed E-state index contributed by atoms with van der Waals surface area (Å²) in [5.41, 5.74) is 5.29. The standard InChI is InChI=1S/C42H50N8O6/c1-25(2)35(47-41(53)55-5)39(51)49-21-7-9-33(49)37-43-23-31(45-37)29-17-13-27(14-18-29)11-12-28-15-19-30(20-16-28)32-24-44-38(46-32)34-10-8-22-50(34)40(52)36(26(3)4)48-42(54)56-6/h13-20,23-26,33-36H,7-10,21-22H2,1-6H3,(H,43,45)(H,44,46)(H,47,53)(H,48,54)/t33-,34-,35+,36+/m0/s1. The molecule has 2 aromatic carbocycles. The molecule has 0 radical (unpaired) electrons. The molecular formula is C42H50N8O6. The van der Waals surface area contributed by atoms with Gasteiger partial charge in [-0.1, -0.05) is 63.8 Å². The van der Waals surface area contributed by atoms with Gasteiger partial charge in [-0.25, -0.2) is 19.6 Å². The van der Waals surface area contributed by atoms with Crippen LogP contribution in [0.2, 0.25) is 0 Å². The number of likely N-dealkylation sites (tertiary alicyclic amines) is 2. The zero-order valence-corrected chi connectivity index (χ0v) is 32.7. The van der Waals surface area contributed by atoms with Crippen LogP contribution >= 0.6 is 0 Å². The molecule has 2 saturated heterocycles. The molecule has 0 aliphatic carbocycles. The van der Waals surface area contributed by atoms with E-state index in [1.165, 1.54) is 14.2 Å². The van der Waals surface area contributed by atoms with E-state index >= 15 is 0 Å². The minimum absolute atomic E-state index is 0.106. The summed E-state index contributed by atoms with van der Waals surface area (Å²) < 4.78 is 9.49. The Bertz CT molecular complexity index is 1930. The molecule has 4 heterocycles. The van der Waals surface area contributed by atoms with Crippen molar-refractivity contribution in [3.05, 3.63) is 83.7 Å². The van der Waals surface area contributed by atoms with E-state index in [9.17, 15) is 19.2 Å². The SMILES string of the molecule is COC(=O)N[C@@H](C(=O)N1CCC[C@H]1c1ncc(-c2ccc(C#Cc3ccc(-c4cnc([C@@H]5CCCN5C(=O)[C@H](NC(=O)OC)C(C)C)[nH]4)cc3)cc2)[nH]1)C(C)C. The third-order valence-corrected chi connectivity index (χ3v) is 10.4. The number of nitrogens with one attached hydrogen (secondary N) is 4. The summed E-state index contributed by atoms with van der Waals surface area (Å²) in [5.74, 6) is 7.41. The van der Waals surface area contributed by atoms with Gasteiger partial charge >= 0.3 is 12.2 Å². The number of alkyl carbamates (subject to hydrolysis) is 2. The Kier molecular flexibility index (Phi) is 12.4. The lowest BCUT2D eigenvalue weighted by molar-refractivity contribution is -0.136. The van der Waals surface area contributed by atoms with Gasteiger partial charge in [-0.15, -0.1) is 0 Å². The first-order valence-corrected chi connectivity index (χ1v) is 19.1. The predicted molar refractivity (Wildman–Crippen MR) is 210 cm³/mol. The van der Waals surface area contributed by atoms with Crippen molar-refractivity contribution in [2.75, 3.05) is 27.3 Å². The van der Waals surface area contributed by atoms with Gasteiger partial charge in [0.15, 0.2) is 0 Å². The molecule has 2 fully saturated rings. The Morgan fingerprint density at radius 1 is 0.661 bits per heavy atom. The molecular weight excluding hydrogens is 713 g/mol. The van der Waals surface area contributed by atoms with E-state index in [1.54, 1.807) is 22.2 Å². The van der Waals surface area contributed by atoms with E-state index < -0.39 is 24.3 Å². The van der Waals surface area contributed by atoms with Crippen LogP contribution in [0.1, 0.15) is 88.2 Å². The Labute approximate surface area is 327 Å². The first-order valence-electron chi connectivity index (χ1n) is 19.1. The number of hydrogen-bond donors (Lipinski definition) is 4. The minimum atomic E-state index is -0.690. The highest BCUT2D eigenvalue weighted by atomic mass is 16.5. The van der Waals surface area contributed by atoms with Crippen LogP contribution in [0.25, 0.3) is 22.5 Å². The number of aromatic nitrogens is 4. The summed E-state index contributed by atoms with van der Waals surface area (Å²) in [6, 6.07) is 14.0. The predicted octanol–water partition coefficient (Wildman–Crippen LogP) is 5.95. The molecule has 56 heavy (non-hydrogen) atoms. The van der Waals surface area contributed by atoms with Crippen molar-refractivity contribution in [3.8, 4) is 34.4 Å². The molecule has 294 valence electrons. The van der Waals surface area contributed by atoms with E-state index in [2.05, 4.69) is 42.4 Å². The van der Waals surface area contributed by atoms with E-state index in [4.69, 9.17) is 9.47 Å². The smallest absolute Gasteiger partial charge is 0.407 e. The van der Waals surface area contributed by atoms with Crippen molar-refractivity contribution in [2.24, 2.45) is 11.8 Å². The molecule has 0 saturated carbocycles. The van der Waals surface area contributed by atoms with E-state index in [1.807, 2.05) is 76.2 Å². The maximum Gasteiger partial charge on any atom is 0.407 e. The minimum Gasteiger partial charge on any atom is -0.453 e. The second kappa shape index (κ2) is 17.6. The third kappa shape index (κ3) is 8.88. The van der Waals surface area contributed by atoms with Crippen LogP contribution in [0.3, 0.4) is 0 Å². The van der Waals surface area contributed by atoms with Crippen LogP contribution in [0.4, 0.5) is 9.59 Å². The second-order valence-corrected chi connectivity index (χ2v) is 14.9. The molecule has 2 aliphatic heterocycles. The monoisotopic (exact) mass is 762 g/mol. The van der Waals surface area contributed by atoms with Crippen molar-refractivity contribution in [3.63, 3.8) is 0 Å². The summed E-state index contributed by atoms with van der Waals surface area (Å²) in [5, 5.41) is 5.37. The number of methoxy groups -OCH3 is 2. The number of imidazole rings is 2. The van der Waals surface area contributed by atoms with Crippen LogP contribution < -0.4 is 10.6 Å². The number of amides is 4. The highest BCUT2D eigenvalue weighted by Crippen LogP contribution is 2.34. The lowest BCUT2D eigenvalue weighted by Gasteiger charge is -2.30. The third-order valence-electron chi connectivity index (χ3n) is 10.4. The number of nitrogens with zero attached hydrogens (tertiary/aromatic N) is 4. The van der Waals surface area contributed by atoms with Crippen molar-refractivity contribution in [1.82, 2.24) is 40.4 Å². The average molecular weight is 763 g/mol. The zero-order valence-electron chi connectivity index (χ0n) is 32.7. The highest BCUT2D eigenvalue weighted by Gasteiger charge is 2.39. The molecule has 2 aliphatic rings. The highest BCUT2D eigenvalue weighted by molar-refractivity contribution is 5.87. The van der Waals surface area contributed by atoms with Gasteiger partial charge in [-0.2, -0.15) is 0 Å². The normalized spacial score (nSPS) is 17.6. The van der Waals surface area contributed by atoms with Crippen molar-refractivity contribution < 1.29 is 28.7 Å². The van der Waals surface area contributed by atoms with E-state index in [0.29, 0.717) is 24.7 Å². The van der Waals surface area contributed by atoms with Gasteiger partial charge < -0.3 is 39.9 Å². The maximum atomic E-state index is 13.5. The number of hydrogen-bond acceptors (Lipinski definition) is 8. The summed E-state index contributed by atoms with van der Waals surface area (Å²) in [7, 11) is 2.57. The van der Waals surface area contributed by atoms with Crippen LogP contribution in [-0.4, -0.2) is 93.1 Å². The fourth-order valence-corrected chi connectivity index (χ4v) is 7.30. The molecule has 14 nitrogen and oxygen atoms in total. The van der Waals surface area contributed by atoms with Crippen LogP contribution in [0.15, 0.2) is 60.9 Å². The number of H-pyrrole nitrogens is 2. The number of ether oxygens (including phenoxy) is 2. The molecule has 14 heteroatoms. The van der Waals surface area contributed by atoms with Gasteiger partial charge in [0.2, 0.25) is 11.8 Å². The summed E-state index contributed by atoms with van der Waals surface area (Å²) in [6.45, 7) is 8.76. The van der Waals surface area contributed by atoms with Crippen molar-refractivity contribution in [2.45, 2.75) is 77.5 Å². The van der Waals surface area contributed by atoms with Gasteiger partial charge in [0.1, 0.15) is 23.7 Å². The molecule has 0 bridgehead atoms. The first kappa shape index (κ1) is 39.6. The number of aromatic amines is 2. The molecule has 4 N–H and O–H groups in total. The van der Waals surface area contributed by atoms with Crippen LogP contribution in [-0.2, 0) is 19.1 Å². The summed E-state index contributed by atoms with van der Waals surface area (Å²) in [4.78, 5) is 70.5. The van der Waals surface area contributed by atoms with Gasteiger partial charge in [-0.3, -0.25) is 9.59 Å². The maximum absolute atomic E-state index is 13.5. The van der Waals surface area contributed by atoms with Gasteiger partial charge in [-0.05, 0) is 72.9 Å². The van der Waals surface area contributed by atoms with E-state index in [-0.39, 0.29) is 35.7 Å². The average Bonchev–Trinajstić information content (AvgIpc) is 4.04. The second-order valence-electron chi connectivity index (χ2n) is 14.9. The van der Waals surface area contributed by atoms with Gasteiger partial charge in [0.05, 0.1) is 50.1 Å². The van der Waals surface area contributed by atoms with Gasteiger partial charge in [0.25, 0.3) is 0 Å². The Morgan fingerprint density at radius 2 is 1.04 bits per heavy atom. The van der Waals surface area contributed by atoms with Crippen LogP contribution in [0.5, 0.6) is 0 Å². The lowest BCUT2D eigenvalue weighted by atomic mass is 10.0. The summed E-state index contributed by atoms with van der Waals surface area (Å²) >= 11 is 0. The number of benzene rings is 2. The largest absolute Gasteiger partial charge is 0.453 e. The number of rotatable bonds is 10. The fourth-order valence-electron chi connectivity index (χ4n) is 7.30. The van der Waals surface area contributed by atoms with Crippen molar-refractivity contribution in [1.29, 1.82) is 0 Å². The molecule has 0 spiro atoms. The topological polar surface area (TPSA) is 175 Å². The molecule has 0 unspecified atom stereocenters. The van der Waals surface area contributed by atoms with Gasteiger partial charge in [0, 0.05) is 24.2 Å². The number of carbonyl (C=O) groups is 4. The molecule has 4 atom stereocenters. The number of carbonyl (C=O) groups excluding carboxylic acids is 4. The summed E-state index contributed by atoms with van der Waals surface area (Å²) in [6.07, 6.45) is 5.55. The Morgan fingerprint density at radius 3 is 1.38 bits per heavy atom. The molecule has 4 aromatic rings. The molecule has 6 rings (SSSR count). The zero-order chi connectivity index (χ0) is 39.9. The quantitative estimate of drug-likeness (QED) is 0.143. The van der Waals surface area contributed by atoms with Crippen LogP contribution in [0, 0.1) is 23.7 Å². The Hall–Kier alpha value is -6.10.